The summed E-state index contributed by atoms with van der Waals surface area (Å²) in [5.74, 6) is 2.88. The molecule has 25 heavy (non-hydrogen) atoms. The zero-order valence-corrected chi connectivity index (χ0v) is 15.3. The van der Waals surface area contributed by atoms with E-state index in [1.54, 1.807) is 4.57 Å². The normalized spacial score (nSPS) is 25.8. The van der Waals surface area contributed by atoms with E-state index < -0.39 is 0 Å². The highest BCUT2D eigenvalue weighted by Gasteiger charge is 2.41. The summed E-state index contributed by atoms with van der Waals surface area (Å²) in [6, 6.07) is 0. The molecular weight excluding hydrogens is 316 g/mol. The van der Waals surface area contributed by atoms with Crippen LogP contribution in [0.25, 0.3) is 11.2 Å². The van der Waals surface area contributed by atoms with E-state index >= 15 is 0 Å². The van der Waals surface area contributed by atoms with Crippen LogP contribution in [0.1, 0.15) is 70.5 Å². The maximum absolute atomic E-state index is 12.8. The predicted octanol–water partition coefficient (Wildman–Crippen LogP) is 3.00. The van der Waals surface area contributed by atoms with E-state index in [9.17, 15) is 9.59 Å². The lowest BCUT2D eigenvalue weighted by Gasteiger charge is -2.15. The van der Waals surface area contributed by atoms with Crippen LogP contribution in [0.3, 0.4) is 0 Å². The average Bonchev–Trinajstić information content (AvgIpc) is 3.29. The predicted molar refractivity (Wildman–Crippen MR) is 98.0 cm³/mol. The molecule has 0 aliphatic heterocycles. The molecule has 2 aromatic heterocycles. The zero-order chi connectivity index (χ0) is 17.6. The molecular formula is C19H28N4O2. The molecule has 0 bridgehead atoms. The molecule has 2 saturated carbocycles. The molecule has 2 heterocycles. The van der Waals surface area contributed by atoms with Crippen LogP contribution in [0.2, 0.25) is 0 Å². The third-order valence-electron chi connectivity index (χ3n) is 6.21. The van der Waals surface area contributed by atoms with Gasteiger partial charge in [0.15, 0.2) is 5.65 Å². The molecule has 6 nitrogen and oxygen atoms in total. The minimum atomic E-state index is -0.218. The molecule has 2 aromatic rings. The monoisotopic (exact) mass is 344 g/mol. The maximum atomic E-state index is 12.8. The first-order valence-electron chi connectivity index (χ1n) is 9.88. The van der Waals surface area contributed by atoms with Crippen LogP contribution >= 0.6 is 0 Å². The van der Waals surface area contributed by atoms with Crippen molar-refractivity contribution < 1.29 is 0 Å². The van der Waals surface area contributed by atoms with Crippen molar-refractivity contribution in [3.8, 4) is 0 Å². The van der Waals surface area contributed by atoms with Crippen molar-refractivity contribution in [1.82, 2.24) is 19.1 Å². The minimum Gasteiger partial charge on any atom is -0.336 e. The molecule has 6 heteroatoms. The third kappa shape index (κ3) is 2.57. The van der Waals surface area contributed by atoms with E-state index in [0.29, 0.717) is 36.1 Å². The van der Waals surface area contributed by atoms with E-state index in [0.717, 1.165) is 31.0 Å². The molecule has 2 aliphatic rings. The number of nitrogens with one attached hydrogen (secondary N) is 1. The summed E-state index contributed by atoms with van der Waals surface area (Å²) in [6.07, 6.45) is 7.95. The van der Waals surface area contributed by atoms with Gasteiger partial charge < -0.3 is 4.98 Å². The van der Waals surface area contributed by atoms with Crippen LogP contribution in [0.5, 0.6) is 0 Å². The number of aromatic amines is 1. The van der Waals surface area contributed by atoms with Crippen LogP contribution in [0, 0.1) is 11.8 Å². The summed E-state index contributed by atoms with van der Waals surface area (Å²) < 4.78 is 3.06. The van der Waals surface area contributed by atoms with E-state index in [-0.39, 0.29) is 11.2 Å². The number of H-pyrrole nitrogens is 1. The van der Waals surface area contributed by atoms with Crippen molar-refractivity contribution >= 4 is 11.2 Å². The fourth-order valence-corrected chi connectivity index (χ4v) is 5.11. The van der Waals surface area contributed by atoms with Gasteiger partial charge in [0.1, 0.15) is 11.3 Å². The Morgan fingerprint density at radius 3 is 2.56 bits per heavy atom. The lowest BCUT2D eigenvalue weighted by Crippen LogP contribution is -2.40. The summed E-state index contributed by atoms with van der Waals surface area (Å²) in [7, 11) is 0. The third-order valence-corrected chi connectivity index (χ3v) is 6.21. The number of aromatic nitrogens is 4. The van der Waals surface area contributed by atoms with Crippen LogP contribution in [-0.2, 0) is 13.1 Å². The number of hydrogen-bond donors (Lipinski definition) is 1. The van der Waals surface area contributed by atoms with Gasteiger partial charge >= 0.3 is 5.69 Å². The van der Waals surface area contributed by atoms with Gasteiger partial charge in [-0.15, -0.1) is 0 Å². The highest BCUT2D eigenvalue weighted by atomic mass is 16.2. The molecule has 0 spiro atoms. The lowest BCUT2D eigenvalue weighted by molar-refractivity contribution is 0.414. The molecule has 0 unspecified atom stereocenters. The van der Waals surface area contributed by atoms with E-state index in [4.69, 9.17) is 4.98 Å². The number of fused-ring (bicyclic) bond motifs is 2. The highest BCUT2D eigenvalue weighted by molar-refractivity contribution is 5.70. The Kier molecular flexibility index (Phi) is 4.29. The van der Waals surface area contributed by atoms with E-state index in [2.05, 4.69) is 4.98 Å². The van der Waals surface area contributed by atoms with Crippen molar-refractivity contribution in [2.24, 2.45) is 11.8 Å². The van der Waals surface area contributed by atoms with Gasteiger partial charge in [-0.05, 0) is 43.9 Å². The van der Waals surface area contributed by atoms with Crippen molar-refractivity contribution in [2.75, 3.05) is 0 Å². The standard InChI is InChI=1S/C19H28N4O2/c1-3-10-22-17-15(18(24)23(11-4-2)19(22)25)20-16(21-17)14-9-8-12-6-5-7-13(12)14/h12-14H,3-11H2,1-2H3,(H,20,21)/t12-,13-,14-/m0/s1. The smallest absolute Gasteiger partial charge is 0.332 e. The topological polar surface area (TPSA) is 72.7 Å². The van der Waals surface area contributed by atoms with Crippen LogP contribution in [0.4, 0.5) is 0 Å². The Labute approximate surface area is 147 Å². The highest BCUT2D eigenvalue weighted by Crippen LogP contribution is 2.51. The van der Waals surface area contributed by atoms with Gasteiger partial charge in [0.2, 0.25) is 0 Å². The van der Waals surface area contributed by atoms with Crippen molar-refractivity contribution in [1.29, 1.82) is 0 Å². The number of rotatable bonds is 5. The number of hydrogen-bond acceptors (Lipinski definition) is 3. The van der Waals surface area contributed by atoms with Crippen LogP contribution in [0.15, 0.2) is 9.59 Å². The second kappa shape index (κ2) is 6.46. The van der Waals surface area contributed by atoms with Gasteiger partial charge in [-0.25, -0.2) is 9.78 Å². The quantitative estimate of drug-likeness (QED) is 0.906. The molecule has 3 atom stereocenters. The second-order valence-electron chi connectivity index (χ2n) is 7.75. The lowest BCUT2D eigenvalue weighted by atomic mass is 9.91. The summed E-state index contributed by atoms with van der Waals surface area (Å²) in [6.45, 7) is 5.08. The Balaban J connectivity index is 1.87. The first-order chi connectivity index (χ1) is 12.2. The second-order valence-corrected chi connectivity index (χ2v) is 7.75. The number of imidazole rings is 1. The minimum absolute atomic E-state index is 0.214. The summed E-state index contributed by atoms with van der Waals surface area (Å²) in [5, 5.41) is 0. The Morgan fingerprint density at radius 2 is 1.80 bits per heavy atom. The van der Waals surface area contributed by atoms with Gasteiger partial charge in [-0.3, -0.25) is 13.9 Å². The number of aryl methyl sites for hydroxylation is 1. The summed E-state index contributed by atoms with van der Waals surface area (Å²) in [4.78, 5) is 33.7. The largest absolute Gasteiger partial charge is 0.336 e. The average molecular weight is 344 g/mol. The molecule has 0 radical (unpaired) electrons. The Morgan fingerprint density at radius 1 is 1.04 bits per heavy atom. The zero-order valence-electron chi connectivity index (χ0n) is 15.3. The van der Waals surface area contributed by atoms with Gasteiger partial charge in [0.05, 0.1) is 0 Å². The summed E-state index contributed by atoms with van der Waals surface area (Å²) in [5.41, 5.74) is 0.636. The van der Waals surface area contributed by atoms with Crippen LogP contribution in [-0.4, -0.2) is 19.1 Å². The summed E-state index contributed by atoms with van der Waals surface area (Å²) >= 11 is 0. The number of nitrogens with zero attached hydrogens (tertiary/aromatic N) is 3. The molecule has 0 aromatic carbocycles. The molecule has 2 fully saturated rings. The first kappa shape index (κ1) is 16.6. The fraction of sp³-hybridized carbons (Fsp3) is 0.737. The van der Waals surface area contributed by atoms with E-state index in [1.807, 2.05) is 13.8 Å². The van der Waals surface area contributed by atoms with E-state index in [1.165, 1.54) is 30.3 Å². The van der Waals surface area contributed by atoms with Gasteiger partial charge in [-0.1, -0.05) is 26.7 Å². The molecule has 0 saturated heterocycles. The molecule has 4 rings (SSSR count). The van der Waals surface area contributed by atoms with Gasteiger partial charge in [0, 0.05) is 19.0 Å². The first-order valence-corrected chi connectivity index (χ1v) is 9.88. The van der Waals surface area contributed by atoms with Crippen LogP contribution < -0.4 is 11.2 Å². The van der Waals surface area contributed by atoms with Crippen molar-refractivity contribution in [3.63, 3.8) is 0 Å². The fourth-order valence-electron chi connectivity index (χ4n) is 5.11. The maximum Gasteiger partial charge on any atom is 0.332 e. The van der Waals surface area contributed by atoms with Crippen molar-refractivity contribution in [3.05, 3.63) is 26.7 Å². The molecule has 2 aliphatic carbocycles. The van der Waals surface area contributed by atoms with Crippen molar-refractivity contribution in [2.45, 2.75) is 77.8 Å². The Hall–Kier alpha value is -1.85. The SMILES string of the molecule is CCCn1c(=O)c2[nH]c([C@H]3CC[C@@H]4CCC[C@@H]43)nc2n(CCC)c1=O. The molecule has 0 amide bonds. The van der Waals surface area contributed by atoms with Gasteiger partial charge in [0.25, 0.3) is 5.56 Å². The molecule has 1 N–H and O–H groups in total. The molecule has 136 valence electrons. The Bertz CT molecular complexity index is 891. The van der Waals surface area contributed by atoms with Gasteiger partial charge in [-0.2, -0.15) is 0 Å².